The van der Waals surface area contributed by atoms with Gasteiger partial charge in [-0.15, -0.1) is 0 Å². The quantitative estimate of drug-likeness (QED) is 0.761. The van der Waals surface area contributed by atoms with Gasteiger partial charge >= 0.3 is 0 Å². The highest BCUT2D eigenvalue weighted by atomic mass is 32.2. The van der Waals surface area contributed by atoms with Crippen LogP contribution < -0.4 is 10.5 Å². The first-order valence-electron chi connectivity index (χ1n) is 6.07. The Bertz CT molecular complexity index is 485. The van der Waals surface area contributed by atoms with Crippen molar-refractivity contribution in [1.29, 1.82) is 0 Å². The highest BCUT2D eigenvalue weighted by Gasteiger charge is 2.22. The molecule has 1 atom stereocenters. The Kier molecular flexibility index (Phi) is 5.86. The van der Waals surface area contributed by atoms with Gasteiger partial charge in [0.05, 0.1) is 12.3 Å². The van der Waals surface area contributed by atoms with Gasteiger partial charge in [-0.1, -0.05) is 13.8 Å². The standard InChI is InChI=1S/C12H21N3O3S/c1-9(2)12(8-18-3)15-19(16,17)11-5-4-10(6-13)14-7-11/h4-5,7,9,12,15H,6,8,13H2,1-3H3. The average Bonchev–Trinajstić information content (AvgIpc) is 2.38. The summed E-state index contributed by atoms with van der Waals surface area (Å²) in [7, 11) is -2.04. The van der Waals surface area contributed by atoms with Gasteiger partial charge in [0.1, 0.15) is 4.90 Å². The highest BCUT2D eigenvalue weighted by molar-refractivity contribution is 7.89. The molecule has 0 aliphatic heterocycles. The molecule has 0 amide bonds. The summed E-state index contributed by atoms with van der Waals surface area (Å²) in [5, 5.41) is 0. The zero-order chi connectivity index (χ0) is 14.5. The lowest BCUT2D eigenvalue weighted by molar-refractivity contribution is 0.157. The van der Waals surface area contributed by atoms with E-state index >= 15 is 0 Å². The number of hydrogen-bond donors (Lipinski definition) is 2. The summed E-state index contributed by atoms with van der Waals surface area (Å²) in [6.07, 6.45) is 1.31. The Labute approximate surface area is 114 Å². The molecule has 0 bridgehead atoms. The molecular formula is C12H21N3O3S. The highest BCUT2D eigenvalue weighted by Crippen LogP contribution is 2.11. The van der Waals surface area contributed by atoms with Gasteiger partial charge in [-0.05, 0) is 18.1 Å². The average molecular weight is 287 g/mol. The number of hydrogen-bond acceptors (Lipinski definition) is 5. The van der Waals surface area contributed by atoms with Gasteiger partial charge in [0, 0.05) is 25.9 Å². The maximum Gasteiger partial charge on any atom is 0.242 e. The van der Waals surface area contributed by atoms with Crippen LogP contribution in [0.25, 0.3) is 0 Å². The van der Waals surface area contributed by atoms with Crippen molar-refractivity contribution in [2.24, 2.45) is 11.7 Å². The van der Waals surface area contributed by atoms with E-state index in [0.717, 1.165) is 0 Å². The van der Waals surface area contributed by atoms with Gasteiger partial charge < -0.3 is 10.5 Å². The molecule has 0 aliphatic rings. The Morgan fingerprint density at radius 1 is 1.42 bits per heavy atom. The minimum atomic E-state index is -3.59. The minimum Gasteiger partial charge on any atom is -0.383 e. The van der Waals surface area contributed by atoms with Crippen molar-refractivity contribution in [3.05, 3.63) is 24.0 Å². The smallest absolute Gasteiger partial charge is 0.242 e. The number of nitrogens with zero attached hydrogens (tertiary/aromatic N) is 1. The molecule has 1 heterocycles. The topological polar surface area (TPSA) is 94.3 Å². The van der Waals surface area contributed by atoms with Crippen molar-refractivity contribution < 1.29 is 13.2 Å². The predicted octanol–water partition coefficient (Wildman–Crippen LogP) is 0.490. The molecular weight excluding hydrogens is 266 g/mol. The number of pyridine rings is 1. The molecule has 7 heteroatoms. The molecule has 0 spiro atoms. The molecule has 6 nitrogen and oxygen atoms in total. The molecule has 19 heavy (non-hydrogen) atoms. The third kappa shape index (κ3) is 4.54. The first-order chi connectivity index (χ1) is 8.90. The van der Waals surface area contributed by atoms with E-state index in [4.69, 9.17) is 10.5 Å². The van der Waals surface area contributed by atoms with Crippen LogP contribution in [-0.2, 0) is 21.3 Å². The fraction of sp³-hybridized carbons (Fsp3) is 0.583. The monoisotopic (exact) mass is 287 g/mol. The first kappa shape index (κ1) is 16.0. The molecule has 1 aromatic heterocycles. The van der Waals surface area contributed by atoms with Gasteiger partial charge in [-0.2, -0.15) is 0 Å². The summed E-state index contributed by atoms with van der Waals surface area (Å²) in [4.78, 5) is 4.12. The predicted molar refractivity (Wildman–Crippen MR) is 73.0 cm³/mol. The number of rotatable bonds is 7. The fourth-order valence-corrected chi connectivity index (χ4v) is 2.81. The number of methoxy groups -OCH3 is 1. The van der Waals surface area contributed by atoms with Crippen LogP contribution in [0.4, 0.5) is 0 Å². The van der Waals surface area contributed by atoms with E-state index in [1.807, 2.05) is 13.8 Å². The summed E-state index contributed by atoms with van der Waals surface area (Å²) in [6, 6.07) is 2.83. The fourth-order valence-electron chi connectivity index (χ4n) is 1.50. The largest absolute Gasteiger partial charge is 0.383 e. The normalized spacial score (nSPS) is 13.7. The Hall–Kier alpha value is -1.02. The van der Waals surface area contributed by atoms with Crippen LogP contribution in [-0.4, -0.2) is 33.2 Å². The molecule has 1 rings (SSSR count). The summed E-state index contributed by atoms with van der Waals surface area (Å²) in [5.41, 5.74) is 6.07. The van der Waals surface area contributed by atoms with Crippen LogP contribution in [0, 0.1) is 5.92 Å². The third-order valence-electron chi connectivity index (χ3n) is 2.77. The summed E-state index contributed by atoms with van der Waals surface area (Å²) >= 11 is 0. The lowest BCUT2D eigenvalue weighted by Crippen LogP contribution is -2.41. The summed E-state index contributed by atoms with van der Waals surface area (Å²) in [5.74, 6) is 0.131. The first-order valence-corrected chi connectivity index (χ1v) is 7.55. The van der Waals surface area contributed by atoms with Crippen LogP contribution in [0.3, 0.4) is 0 Å². The molecule has 108 valence electrons. The molecule has 0 fully saturated rings. The number of aromatic nitrogens is 1. The van der Waals surface area contributed by atoms with Crippen molar-refractivity contribution in [2.75, 3.05) is 13.7 Å². The van der Waals surface area contributed by atoms with Crippen molar-refractivity contribution in [3.63, 3.8) is 0 Å². The van der Waals surface area contributed by atoms with Crippen molar-refractivity contribution >= 4 is 10.0 Å². The van der Waals surface area contributed by atoms with E-state index in [1.165, 1.54) is 12.3 Å². The van der Waals surface area contributed by atoms with E-state index < -0.39 is 10.0 Å². The van der Waals surface area contributed by atoms with Crippen LogP contribution >= 0.6 is 0 Å². The summed E-state index contributed by atoms with van der Waals surface area (Å²) < 4.78 is 32.0. The summed E-state index contributed by atoms with van der Waals surface area (Å²) in [6.45, 7) is 4.47. The van der Waals surface area contributed by atoms with E-state index in [9.17, 15) is 8.42 Å². The second-order valence-electron chi connectivity index (χ2n) is 4.62. The second kappa shape index (κ2) is 6.95. The van der Waals surface area contributed by atoms with Crippen molar-refractivity contribution in [1.82, 2.24) is 9.71 Å². The molecule has 0 saturated carbocycles. The van der Waals surface area contributed by atoms with E-state index in [2.05, 4.69) is 9.71 Å². The van der Waals surface area contributed by atoms with E-state index in [0.29, 0.717) is 12.3 Å². The number of ether oxygens (including phenoxy) is 1. The Morgan fingerprint density at radius 3 is 2.53 bits per heavy atom. The zero-order valence-electron chi connectivity index (χ0n) is 11.5. The molecule has 1 aromatic rings. The SMILES string of the molecule is COCC(NS(=O)(=O)c1ccc(CN)nc1)C(C)C. The molecule has 0 aliphatic carbocycles. The maximum absolute atomic E-state index is 12.2. The number of sulfonamides is 1. The van der Waals surface area contributed by atoms with Gasteiger partial charge in [-0.25, -0.2) is 13.1 Å². The van der Waals surface area contributed by atoms with Gasteiger partial charge in [0.2, 0.25) is 10.0 Å². The third-order valence-corrected chi connectivity index (χ3v) is 4.25. The van der Waals surface area contributed by atoms with Gasteiger partial charge in [0.15, 0.2) is 0 Å². The van der Waals surface area contributed by atoms with Crippen LogP contribution in [0.15, 0.2) is 23.2 Å². The van der Waals surface area contributed by atoms with Gasteiger partial charge in [-0.3, -0.25) is 4.98 Å². The maximum atomic E-state index is 12.2. The van der Waals surface area contributed by atoms with Gasteiger partial charge in [0.25, 0.3) is 0 Å². The lowest BCUT2D eigenvalue weighted by atomic mass is 10.1. The molecule has 3 N–H and O–H groups in total. The number of nitrogens with one attached hydrogen (secondary N) is 1. The number of nitrogens with two attached hydrogens (primary N) is 1. The zero-order valence-corrected chi connectivity index (χ0v) is 12.3. The van der Waals surface area contributed by atoms with E-state index in [-0.39, 0.29) is 23.4 Å². The minimum absolute atomic E-state index is 0.131. The lowest BCUT2D eigenvalue weighted by Gasteiger charge is -2.21. The van der Waals surface area contributed by atoms with Crippen LogP contribution in [0.1, 0.15) is 19.5 Å². The Morgan fingerprint density at radius 2 is 2.11 bits per heavy atom. The Balaban J connectivity index is 2.89. The van der Waals surface area contributed by atoms with Crippen molar-refractivity contribution in [2.45, 2.75) is 31.3 Å². The van der Waals surface area contributed by atoms with Crippen LogP contribution in [0.5, 0.6) is 0 Å². The second-order valence-corrected chi connectivity index (χ2v) is 6.33. The molecule has 1 unspecified atom stereocenters. The van der Waals surface area contributed by atoms with Crippen LogP contribution in [0.2, 0.25) is 0 Å². The molecule has 0 aromatic carbocycles. The van der Waals surface area contributed by atoms with E-state index in [1.54, 1.807) is 13.2 Å². The molecule has 0 radical (unpaired) electrons. The molecule has 0 saturated heterocycles. The van der Waals surface area contributed by atoms with Crippen molar-refractivity contribution in [3.8, 4) is 0 Å².